The van der Waals surface area contributed by atoms with Gasteiger partial charge in [0.15, 0.2) is 0 Å². The van der Waals surface area contributed by atoms with Crippen LogP contribution in [0.3, 0.4) is 0 Å². The van der Waals surface area contributed by atoms with E-state index in [0.717, 1.165) is 6.42 Å². The summed E-state index contributed by atoms with van der Waals surface area (Å²) < 4.78 is 35.5. The van der Waals surface area contributed by atoms with Gasteiger partial charge in [0.1, 0.15) is 0 Å². The fraction of sp³-hybridized carbons (Fsp3) is 0.857. The molecule has 2 N–H and O–H groups in total. The standard InChI is InChI=1S/C7H10BrF3N2O/c8-4-1-2-5(12-3-4)13-6(14)7(9,10)11/h4-5,12H,1-3H2,(H,13,14). The molecule has 7 heteroatoms. The summed E-state index contributed by atoms with van der Waals surface area (Å²) in [6, 6.07) is 0. The number of carbonyl (C=O) groups is 1. The Morgan fingerprint density at radius 3 is 2.50 bits per heavy atom. The molecular formula is C7H10BrF3N2O. The van der Waals surface area contributed by atoms with Crippen molar-refractivity contribution in [1.82, 2.24) is 10.6 Å². The molecule has 2 atom stereocenters. The topological polar surface area (TPSA) is 41.1 Å². The number of nitrogens with one attached hydrogen (secondary N) is 2. The molecule has 3 nitrogen and oxygen atoms in total. The Morgan fingerprint density at radius 2 is 2.07 bits per heavy atom. The zero-order chi connectivity index (χ0) is 10.8. The maximum Gasteiger partial charge on any atom is 0.471 e. The molecular weight excluding hydrogens is 265 g/mol. The van der Waals surface area contributed by atoms with E-state index in [1.807, 2.05) is 5.32 Å². The largest absolute Gasteiger partial charge is 0.471 e. The zero-order valence-corrected chi connectivity index (χ0v) is 8.78. The van der Waals surface area contributed by atoms with Gasteiger partial charge >= 0.3 is 12.1 Å². The first kappa shape index (κ1) is 11.8. The predicted molar refractivity (Wildman–Crippen MR) is 47.9 cm³/mol. The number of rotatable bonds is 1. The van der Waals surface area contributed by atoms with Crippen LogP contribution in [-0.4, -0.2) is 29.6 Å². The zero-order valence-electron chi connectivity index (χ0n) is 7.20. The molecule has 2 unspecified atom stereocenters. The van der Waals surface area contributed by atoms with E-state index in [1.54, 1.807) is 0 Å². The van der Waals surface area contributed by atoms with Gasteiger partial charge < -0.3 is 5.32 Å². The first-order valence-electron chi connectivity index (χ1n) is 4.14. The molecule has 1 rings (SSSR count). The molecule has 0 aromatic carbocycles. The fourth-order valence-electron chi connectivity index (χ4n) is 1.19. The van der Waals surface area contributed by atoms with Crippen LogP contribution in [0.2, 0.25) is 0 Å². The second-order valence-electron chi connectivity index (χ2n) is 3.11. The molecule has 1 aliphatic heterocycles. The van der Waals surface area contributed by atoms with Gasteiger partial charge in [0.2, 0.25) is 0 Å². The van der Waals surface area contributed by atoms with E-state index >= 15 is 0 Å². The molecule has 0 aliphatic carbocycles. The number of hydrogen-bond donors (Lipinski definition) is 2. The van der Waals surface area contributed by atoms with Crippen LogP contribution < -0.4 is 10.6 Å². The van der Waals surface area contributed by atoms with Crippen LogP contribution in [0.1, 0.15) is 12.8 Å². The summed E-state index contributed by atoms with van der Waals surface area (Å²) in [4.78, 5) is 10.8. The summed E-state index contributed by atoms with van der Waals surface area (Å²) >= 11 is 3.32. The number of alkyl halides is 4. The van der Waals surface area contributed by atoms with Gasteiger partial charge in [0, 0.05) is 11.4 Å². The second kappa shape index (κ2) is 4.48. The lowest BCUT2D eigenvalue weighted by Crippen LogP contribution is -2.53. The molecule has 0 saturated carbocycles. The maximum absolute atomic E-state index is 11.8. The Balaban J connectivity index is 2.35. The summed E-state index contributed by atoms with van der Waals surface area (Å²) in [5.74, 6) is -1.89. The Morgan fingerprint density at radius 1 is 1.43 bits per heavy atom. The molecule has 0 aromatic rings. The van der Waals surface area contributed by atoms with E-state index in [0.29, 0.717) is 13.0 Å². The summed E-state index contributed by atoms with van der Waals surface area (Å²) in [5.41, 5.74) is 0. The molecule has 0 spiro atoms. The average molecular weight is 275 g/mol. The van der Waals surface area contributed by atoms with Gasteiger partial charge in [0.05, 0.1) is 6.17 Å². The first-order valence-corrected chi connectivity index (χ1v) is 5.06. The number of piperidine rings is 1. The molecule has 1 aliphatic rings. The highest BCUT2D eigenvalue weighted by molar-refractivity contribution is 9.09. The van der Waals surface area contributed by atoms with Crippen molar-refractivity contribution in [1.29, 1.82) is 0 Å². The van der Waals surface area contributed by atoms with Crippen LogP contribution in [0.5, 0.6) is 0 Å². The quantitative estimate of drug-likeness (QED) is 0.704. The Hall–Kier alpha value is -0.300. The Bertz CT molecular complexity index is 213. The minimum atomic E-state index is -4.80. The van der Waals surface area contributed by atoms with Crippen LogP contribution in [0.4, 0.5) is 13.2 Å². The molecule has 1 fully saturated rings. The Labute approximate surface area is 87.5 Å². The number of hydrogen-bond acceptors (Lipinski definition) is 2. The van der Waals surface area contributed by atoms with E-state index in [1.165, 1.54) is 0 Å². The van der Waals surface area contributed by atoms with Crippen molar-refractivity contribution in [2.45, 2.75) is 30.0 Å². The lowest BCUT2D eigenvalue weighted by atomic mass is 10.1. The van der Waals surface area contributed by atoms with Crippen molar-refractivity contribution < 1.29 is 18.0 Å². The van der Waals surface area contributed by atoms with Crippen LogP contribution in [-0.2, 0) is 4.79 Å². The normalized spacial score (nSPS) is 28.6. The molecule has 14 heavy (non-hydrogen) atoms. The third-order valence-corrected chi connectivity index (χ3v) is 2.70. The smallest absolute Gasteiger partial charge is 0.333 e. The molecule has 0 radical (unpaired) electrons. The highest BCUT2D eigenvalue weighted by atomic mass is 79.9. The van der Waals surface area contributed by atoms with Gasteiger partial charge in [-0.3, -0.25) is 10.1 Å². The Kier molecular flexibility index (Phi) is 3.77. The highest BCUT2D eigenvalue weighted by Gasteiger charge is 2.40. The van der Waals surface area contributed by atoms with Crippen molar-refractivity contribution in [3.8, 4) is 0 Å². The van der Waals surface area contributed by atoms with Gasteiger partial charge in [0.25, 0.3) is 0 Å². The lowest BCUT2D eigenvalue weighted by molar-refractivity contribution is -0.174. The molecule has 0 bridgehead atoms. The first-order chi connectivity index (χ1) is 6.39. The molecule has 1 amide bonds. The minimum Gasteiger partial charge on any atom is -0.333 e. The molecule has 82 valence electrons. The average Bonchev–Trinajstić information content (AvgIpc) is 2.07. The van der Waals surface area contributed by atoms with Crippen molar-refractivity contribution in [3.05, 3.63) is 0 Å². The third-order valence-electron chi connectivity index (χ3n) is 1.92. The maximum atomic E-state index is 11.8. The predicted octanol–water partition coefficient (Wildman–Crippen LogP) is 1.14. The van der Waals surface area contributed by atoms with Crippen molar-refractivity contribution in [3.63, 3.8) is 0 Å². The van der Waals surface area contributed by atoms with Crippen LogP contribution in [0.15, 0.2) is 0 Å². The van der Waals surface area contributed by atoms with Gasteiger partial charge in [-0.1, -0.05) is 15.9 Å². The van der Waals surface area contributed by atoms with Crippen molar-refractivity contribution >= 4 is 21.8 Å². The van der Waals surface area contributed by atoms with Gasteiger partial charge in [-0.15, -0.1) is 0 Å². The number of amides is 1. The minimum absolute atomic E-state index is 0.265. The van der Waals surface area contributed by atoms with E-state index < -0.39 is 18.2 Å². The number of carbonyl (C=O) groups excluding carboxylic acids is 1. The summed E-state index contributed by atoms with van der Waals surface area (Å²) in [6.07, 6.45) is -4.13. The van der Waals surface area contributed by atoms with Crippen LogP contribution >= 0.6 is 15.9 Å². The molecule has 1 saturated heterocycles. The second-order valence-corrected chi connectivity index (χ2v) is 4.40. The summed E-state index contributed by atoms with van der Waals surface area (Å²) in [7, 11) is 0. The third kappa shape index (κ3) is 3.45. The van der Waals surface area contributed by atoms with Gasteiger partial charge in [-0.2, -0.15) is 13.2 Å². The number of halogens is 4. The van der Waals surface area contributed by atoms with E-state index in [2.05, 4.69) is 21.2 Å². The molecule has 1 heterocycles. The molecule has 0 aromatic heterocycles. The summed E-state index contributed by atoms with van der Waals surface area (Å²) in [6.45, 7) is 0.558. The van der Waals surface area contributed by atoms with Crippen molar-refractivity contribution in [2.24, 2.45) is 0 Å². The van der Waals surface area contributed by atoms with Crippen LogP contribution in [0.25, 0.3) is 0 Å². The lowest BCUT2D eigenvalue weighted by Gasteiger charge is -2.27. The monoisotopic (exact) mass is 274 g/mol. The van der Waals surface area contributed by atoms with E-state index in [9.17, 15) is 18.0 Å². The van der Waals surface area contributed by atoms with E-state index in [4.69, 9.17) is 0 Å². The fourth-order valence-corrected chi connectivity index (χ4v) is 1.64. The van der Waals surface area contributed by atoms with Crippen molar-refractivity contribution in [2.75, 3.05) is 6.54 Å². The highest BCUT2D eigenvalue weighted by Crippen LogP contribution is 2.17. The SMILES string of the molecule is O=C(NC1CCC(Br)CN1)C(F)(F)F. The van der Waals surface area contributed by atoms with E-state index in [-0.39, 0.29) is 4.83 Å². The summed E-state index contributed by atoms with van der Waals surface area (Å²) in [5, 5.41) is 4.68. The van der Waals surface area contributed by atoms with Gasteiger partial charge in [-0.05, 0) is 12.8 Å². The van der Waals surface area contributed by atoms with Crippen LogP contribution in [0, 0.1) is 0 Å². The van der Waals surface area contributed by atoms with Gasteiger partial charge in [-0.25, -0.2) is 0 Å².